The Morgan fingerprint density at radius 2 is 2.06 bits per heavy atom. The first-order valence-electron chi connectivity index (χ1n) is 5.11. The third-order valence-electron chi connectivity index (χ3n) is 2.60. The van der Waals surface area contributed by atoms with Gasteiger partial charge in [-0.15, -0.1) is 0 Å². The quantitative estimate of drug-likeness (QED) is 0.758. The van der Waals surface area contributed by atoms with Gasteiger partial charge >= 0.3 is 0 Å². The van der Waals surface area contributed by atoms with Gasteiger partial charge in [0.1, 0.15) is 11.5 Å². The minimum atomic E-state index is -1.16. The van der Waals surface area contributed by atoms with E-state index < -0.39 is 5.72 Å². The van der Waals surface area contributed by atoms with E-state index in [1.165, 1.54) is 12.1 Å². The Kier molecular flexibility index (Phi) is 3.05. The lowest BCUT2D eigenvalue weighted by molar-refractivity contribution is 0.0391. The molecule has 3 nitrogen and oxygen atoms in total. The van der Waals surface area contributed by atoms with Crippen molar-refractivity contribution >= 4 is 5.57 Å². The normalized spacial score (nSPS) is 26.1. The fraction of sp³-hybridized carbons (Fsp3) is 0.333. The van der Waals surface area contributed by atoms with Gasteiger partial charge in [-0.2, -0.15) is 0 Å². The SMILES string of the molecule is CC1(O)NCOCC=C1c1ccc(F)cc1. The van der Waals surface area contributed by atoms with Crippen molar-refractivity contribution in [3.05, 3.63) is 41.7 Å². The first-order valence-corrected chi connectivity index (χ1v) is 5.11. The molecular weight excluding hydrogens is 209 g/mol. The van der Waals surface area contributed by atoms with Gasteiger partial charge in [0.15, 0.2) is 0 Å². The average molecular weight is 223 g/mol. The molecule has 1 aliphatic rings. The van der Waals surface area contributed by atoms with Gasteiger partial charge in [-0.3, -0.25) is 5.32 Å². The zero-order chi connectivity index (χ0) is 11.6. The molecule has 86 valence electrons. The van der Waals surface area contributed by atoms with E-state index in [1.54, 1.807) is 25.1 Å². The smallest absolute Gasteiger partial charge is 0.141 e. The van der Waals surface area contributed by atoms with Gasteiger partial charge < -0.3 is 9.84 Å². The number of aliphatic hydroxyl groups is 1. The van der Waals surface area contributed by atoms with E-state index in [-0.39, 0.29) is 12.5 Å². The summed E-state index contributed by atoms with van der Waals surface area (Å²) < 4.78 is 18.0. The predicted molar refractivity (Wildman–Crippen MR) is 59.0 cm³/mol. The van der Waals surface area contributed by atoms with E-state index in [0.717, 1.165) is 5.56 Å². The van der Waals surface area contributed by atoms with Crippen molar-refractivity contribution in [1.82, 2.24) is 5.32 Å². The molecule has 0 saturated carbocycles. The molecule has 0 amide bonds. The number of rotatable bonds is 1. The molecule has 16 heavy (non-hydrogen) atoms. The molecule has 1 unspecified atom stereocenters. The molecule has 2 N–H and O–H groups in total. The number of halogens is 1. The third kappa shape index (κ3) is 2.29. The highest BCUT2D eigenvalue weighted by atomic mass is 19.1. The highest BCUT2D eigenvalue weighted by molar-refractivity contribution is 5.71. The van der Waals surface area contributed by atoms with Crippen LogP contribution in [0.5, 0.6) is 0 Å². The summed E-state index contributed by atoms with van der Waals surface area (Å²) in [5.41, 5.74) is 0.323. The Bertz CT molecular complexity index is 398. The first-order chi connectivity index (χ1) is 7.59. The van der Waals surface area contributed by atoms with Crippen molar-refractivity contribution < 1.29 is 14.2 Å². The minimum Gasteiger partial charge on any atom is -0.372 e. The Hall–Kier alpha value is -1.23. The van der Waals surface area contributed by atoms with Crippen LogP contribution in [0.1, 0.15) is 12.5 Å². The molecule has 0 bridgehead atoms. The lowest BCUT2D eigenvalue weighted by Crippen LogP contribution is -2.43. The molecule has 0 aromatic heterocycles. The largest absolute Gasteiger partial charge is 0.372 e. The van der Waals surface area contributed by atoms with Crippen molar-refractivity contribution in [2.24, 2.45) is 0 Å². The summed E-state index contributed by atoms with van der Waals surface area (Å²) in [5.74, 6) is -0.290. The van der Waals surface area contributed by atoms with Gasteiger partial charge in [0.05, 0.1) is 13.3 Å². The van der Waals surface area contributed by atoms with Crippen molar-refractivity contribution in [3.8, 4) is 0 Å². The Morgan fingerprint density at radius 1 is 1.38 bits per heavy atom. The van der Waals surface area contributed by atoms with Crippen molar-refractivity contribution in [3.63, 3.8) is 0 Å². The zero-order valence-corrected chi connectivity index (χ0v) is 9.03. The number of hydrogen-bond acceptors (Lipinski definition) is 3. The molecule has 1 aromatic rings. The van der Waals surface area contributed by atoms with Gasteiger partial charge in [-0.1, -0.05) is 18.2 Å². The molecule has 1 aromatic carbocycles. The van der Waals surface area contributed by atoms with Gasteiger partial charge in [-0.25, -0.2) is 4.39 Å². The van der Waals surface area contributed by atoms with Crippen LogP contribution in [0.3, 0.4) is 0 Å². The van der Waals surface area contributed by atoms with Gasteiger partial charge in [-0.05, 0) is 24.6 Å². The second kappa shape index (κ2) is 4.33. The van der Waals surface area contributed by atoms with Crippen LogP contribution in [-0.2, 0) is 4.74 Å². The molecule has 0 spiro atoms. The number of benzene rings is 1. The van der Waals surface area contributed by atoms with Gasteiger partial charge in [0.25, 0.3) is 0 Å². The van der Waals surface area contributed by atoms with Crippen LogP contribution < -0.4 is 5.32 Å². The number of nitrogens with one attached hydrogen (secondary N) is 1. The highest BCUT2D eigenvalue weighted by Crippen LogP contribution is 2.26. The van der Waals surface area contributed by atoms with Crippen LogP contribution in [-0.4, -0.2) is 24.2 Å². The van der Waals surface area contributed by atoms with Gasteiger partial charge in [0, 0.05) is 5.57 Å². The first kappa shape index (κ1) is 11.3. The molecule has 0 radical (unpaired) electrons. The van der Waals surface area contributed by atoms with Crippen molar-refractivity contribution in [1.29, 1.82) is 0 Å². The second-order valence-corrected chi connectivity index (χ2v) is 3.89. The molecule has 0 fully saturated rings. The van der Waals surface area contributed by atoms with Crippen LogP contribution in [0.2, 0.25) is 0 Å². The van der Waals surface area contributed by atoms with Crippen molar-refractivity contribution in [2.75, 3.05) is 13.3 Å². The van der Waals surface area contributed by atoms with Crippen molar-refractivity contribution in [2.45, 2.75) is 12.6 Å². The van der Waals surface area contributed by atoms with Gasteiger partial charge in [0.2, 0.25) is 0 Å². The summed E-state index contributed by atoms with van der Waals surface area (Å²) in [5, 5.41) is 13.0. The van der Waals surface area contributed by atoms with E-state index in [2.05, 4.69) is 5.32 Å². The van der Waals surface area contributed by atoms with E-state index in [1.807, 2.05) is 0 Å². The molecule has 1 heterocycles. The molecule has 0 aliphatic carbocycles. The number of ether oxygens (including phenoxy) is 1. The fourth-order valence-corrected chi connectivity index (χ4v) is 1.72. The Labute approximate surface area is 93.5 Å². The van der Waals surface area contributed by atoms with Crippen LogP contribution in [0.25, 0.3) is 5.57 Å². The lowest BCUT2D eigenvalue weighted by Gasteiger charge is -2.26. The molecule has 1 atom stereocenters. The monoisotopic (exact) mass is 223 g/mol. The third-order valence-corrected chi connectivity index (χ3v) is 2.60. The summed E-state index contributed by atoms with van der Waals surface area (Å²) in [7, 11) is 0. The summed E-state index contributed by atoms with van der Waals surface area (Å²) in [6.07, 6.45) is 1.80. The maximum Gasteiger partial charge on any atom is 0.141 e. The molecular formula is C12H14FNO2. The topological polar surface area (TPSA) is 41.5 Å². The van der Waals surface area contributed by atoms with E-state index in [4.69, 9.17) is 4.74 Å². The number of hydrogen-bond donors (Lipinski definition) is 2. The van der Waals surface area contributed by atoms with Crippen LogP contribution in [0.15, 0.2) is 30.3 Å². The molecule has 2 rings (SSSR count). The van der Waals surface area contributed by atoms with Crippen LogP contribution in [0, 0.1) is 5.82 Å². The summed E-state index contributed by atoms with van der Waals surface area (Å²) in [6, 6.07) is 6.03. The van der Waals surface area contributed by atoms with E-state index in [9.17, 15) is 9.50 Å². The fourth-order valence-electron chi connectivity index (χ4n) is 1.72. The highest BCUT2D eigenvalue weighted by Gasteiger charge is 2.27. The summed E-state index contributed by atoms with van der Waals surface area (Å²) in [4.78, 5) is 0. The Balaban J connectivity index is 2.36. The minimum absolute atomic E-state index is 0.286. The maximum atomic E-state index is 12.8. The van der Waals surface area contributed by atoms with E-state index >= 15 is 0 Å². The second-order valence-electron chi connectivity index (χ2n) is 3.89. The lowest BCUT2D eigenvalue weighted by atomic mass is 9.96. The standard InChI is InChI=1S/C12H14FNO2/c1-12(15)11(6-7-16-8-14-12)9-2-4-10(13)5-3-9/h2-6,14-15H,7-8H2,1H3. The molecule has 0 saturated heterocycles. The predicted octanol–water partition coefficient (Wildman–Crippen LogP) is 1.49. The molecule has 4 heteroatoms. The summed E-state index contributed by atoms with van der Waals surface area (Å²) >= 11 is 0. The molecule has 1 aliphatic heterocycles. The maximum absolute atomic E-state index is 12.8. The average Bonchev–Trinajstić information content (AvgIpc) is 2.41. The van der Waals surface area contributed by atoms with Crippen LogP contribution >= 0.6 is 0 Å². The Morgan fingerprint density at radius 3 is 2.75 bits per heavy atom. The van der Waals surface area contributed by atoms with Crippen LogP contribution in [0.4, 0.5) is 4.39 Å². The zero-order valence-electron chi connectivity index (χ0n) is 9.03. The summed E-state index contributed by atoms with van der Waals surface area (Å²) in [6.45, 7) is 2.36. The van der Waals surface area contributed by atoms with E-state index in [0.29, 0.717) is 12.2 Å².